The Balaban J connectivity index is 2.86. The number of imidazole rings is 1. The molecule has 0 amide bonds. The molecule has 0 aromatic carbocycles. The summed E-state index contributed by atoms with van der Waals surface area (Å²) >= 11 is 3.26. The molecule has 1 atom stereocenters. The van der Waals surface area contributed by atoms with Crippen LogP contribution in [0.25, 0.3) is 11.2 Å². The maximum atomic E-state index is 11.8. The standard InChI is InChI=1S/C10H13BrN4O2/c1-3-5(2)15-8-7(9(16)14-10(15)17)12-6(4-11)13-8/h5H,3-4H2,1-2H3,(H,12,13)(H,14,16,17). The number of hydrogen-bond donors (Lipinski definition) is 2. The SMILES string of the molecule is CCC(C)n1c(=O)[nH]c(=O)c2[nH]c(CBr)nc21. The second kappa shape index (κ2) is 4.48. The number of halogens is 1. The molecule has 0 fully saturated rings. The summed E-state index contributed by atoms with van der Waals surface area (Å²) in [6.45, 7) is 3.90. The van der Waals surface area contributed by atoms with Crippen LogP contribution >= 0.6 is 15.9 Å². The number of hydrogen-bond acceptors (Lipinski definition) is 3. The van der Waals surface area contributed by atoms with Gasteiger partial charge in [-0.1, -0.05) is 22.9 Å². The molecule has 0 radical (unpaired) electrons. The Hall–Kier alpha value is -1.37. The van der Waals surface area contributed by atoms with E-state index in [-0.39, 0.29) is 6.04 Å². The minimum Gasteiger partial charge on any atom is -0.335 e. The highest BCUT2D eigenvalue weighted by Crippen LogP contribution is 2.14. The molecule has 0 aliphatic rings. The topological polar surface area (TPSA) is 83.5 Å². The number of fused-ring (bicyclic) bond motifs is 1. The Morgan fingerprint density at radius 3 is 2.71 bits per heavy atom. The third kappa shape index (κ3) is 1.95. The molecule has 0 aliphatic carbocycles. The van der Waals surface area contributed by atoms with Crippen molar-refractivity contribution >= 4 is 27.1 Å². The summed E-state index contributed by atoms with van der Waals surface area (Å²) in [5.41, 5.74) is -0.0735. The fourth-order valence-electron chi connectivity index (χ4n) is 1.72. The van der Waals surface area contributed by atoms with Gasteiger partial charge in [-0.05, 0) is 13.3 Å². The van der Waals surface area contributed by atoms with E-state index in [1.54, 1.807) is 0 Å². The number of alkyl halides is 1. The van der Waals surface area contributed by atoms with Crippen LogP contribution in [0.3, 0.4) is 0 Å². The Kier molecular flexibility index (Phi) is 3.19. The lowest BCUT2D eigenvalue weighted by Crippen LogP contribution is -2.32. The summed E-state index contributed by atoms with van der Waals surface area (Å²) in [6.07, 6.45) is 0.789. The minimum atomic E-state index is -0.427. The molecule has 2 N–H and O–H groups in total. The van der Waals surface area contributed by atoms with Crippen molar-refractivity contribution in [3.63, 3.8) is 0 Å². The zero-order chi connectivity index (χ0) is 12.6. The average molecular weight is 301 g/mol. The monoisotopic (exact) mass is 300 g/mol. The van der Waals surface area contributed by atoms with Crippen LogP contribution in [0, 0.1) is 0 Å². The average Bonchev–Trinajstić information content (AvgIpc) is 2.72. The van der Waals surface area contributed by atoms with Crippen LogP contribution in [0.15, 0.2) is 9.59 Å². The van der Waals surface area contributed by atoms with Crippen LogP contribution in [0.1, 0.15) is 32.1 Å². The third-order valence-electron chi connectivity index (χ3n) is 2.79. The number of nitrogens with one attached hydrogen (secondary N) is 2. The third-order valence-corrected chi connectivity index (χ3v) is 3.32. The molecule has 0 spiro atoms. The highest BCUT2D eigenvalue weighted by atomic mass is 79.9. The van der Waals surface area contributed by atoms with Crippen LogP contribution in [-0.2, 0) is 5.33 Å². The van der Waals surface area contributed by atoms with Gasteiger partial charge in [0.1, 0.15) is 11.3 Å². The van der Waals surface area contributed by atoms with Crippen LogP contribution in [-0.4, -0.2) is 19.5 Å². The lowest BCUT2D eigenvalue weighted by atomic mass is 10.2. The van der Waals surface area contributed by atoms with Crippen molar-refractivity contribution in [1.82, 2.24) is 19.5 Å². The molecular formula is C10H13BrN4O2. The van der Waals surface area contributed by atoms with Gasteiger partial charge in [-0.25, -0.2) is 9.78 Å². The number of rotatable bonds is 3. The Bertz CT molecular complexity index is 654. The molecule has 0 saturated carbocycles. The summed E-state index contributed by atoms with van der Waals surface area (Å²) in [5, 5.41) is 0.510. The van der Waals surface area contributed by atoms with Gasteiger partial charge < -0.3 is 4.98 Å². The highest BCUT2D eigenvalue weighted by molar-refractivity contribution is 9.08. The van der Waals surface area contributed by atoms with Crippen LogP contribution in [0.5, 0.6) is 0 Å². The molecule has 0 bridgehead atoms. The molecule has 17 heavy (non-hydrogen) atoms. The first-order valence-electron chi connectivity index (χ1n) is 5.37. The maximum absolute atomic E-state index is 11.8. The summed E-state index contributed by atoms with van der Waals surface area (Å²) in [5.74, 6) is 0.633. The van der Waals surface area contributed by atoms with Gasteiger partial charge in [0.05, 0.1) is 5.33 Å². The predicted molar refractivity (Wildman–Crippen MR) is 68.6 cm³/mol. The second-order valence-electron chi connectivity index (χ2n) is 3.90. The normalized spacial score (nSPS) is 13.1. The van der Waals surface area contributed by atoms with Crippen molar-refractivity contribution in [2.75, 3.05) is 0 Å². The van der Waals surface area contributed by atoms with Crippen LogP contribution in [0.4, 0.5) is 0 Å². The summed E-state index contributed by atoms with van der Waals surface area (Å²) in [7, 11) is 0. The van der Waals surface area contributed by atoms with Crippen molar-refractivity contribution in [3.05, 3.63) is 26.7 Å². The van der Waals surface area contributed by atoms with Gasteiger partial charge in [-0.3, -0.25) is 14.3 Å². The number of H-pyrrole nitrogens is 2. The van der Waals surface area contributed by atoms with Gasteiger partial charge in [-0.15, -0.1) is 0 Å². The van der Waals surface area contributed by atoms with Gasteiger partial charge in [0.25, 0.3) is 5.56 Å². The van der Waals surface area contributed by atoms with E-state index in [4.69, 9.17) is 0 Å². The largest absolute Gasteiger partial charge is 0.335 e. The molecule has 6 nitrogen and oxygen atoms in total. The second-order valence-corrected chi connectivity index (χ2v) is 4.46. The lowest BCUT2D eigenvalue weighted by molar-refractivity contribution is 0.517. The molecule has 0 saturated heterocycles. The van der Waals surface area contributed by atoms with E-state index in [0.717, 1.165) is 6.42 Å². The highest BCUT2D eigenvalue weighted by Gasteiger charge is 2.15. The molecule has 92 valence electrons. The fourth-order valence-corrected chi connectivity index (χ4v) is 1.98. The van der Waals surface area contributed by atoms with E-state index in [1.807, 2.05) is 13.8 Å². The van der Waals surface area contributed by atoms with Crippen molar-refractivity contribution in [2.45, 2.75) is 31.6 Å². The predicted octanol–water partition coefficient (Wildman–Crippen LogP) is 1.28. The van der Waals surface area contributed by atoms with E-state index in [0.29, 0.717) is 22.3 Å². The molecule has 7 heteroatoms. The van der Waals surface area contributed by atoms with Crippen LogP contribution in [0.2, 0.25) is 0 Å². The van der Waals surface area contributed by atoms with E-state index in [2.05, 4.69) is 30.9 Å². The summed E-state index contributed by atoms with van der Waals surface area (Å²) in [6, 6.07) is -0.00618. The molecule has 2 rings (SSSR count). The van der Waals surface area contributed by atoms with E-state index in [9.17, 15) is 9.59 Å². The maximum Gasteiger partial charge on any atom is 0.330 e. The first-order valence-corrected chi connectivity index (χ1v) is 6.50. The van der Waals surface area contributed by atoms with E-state index < -0.39 is 11.2 Å². The first kappa shape index (κ1) is 12.1. The van der Waals surface area contributed by atoms with Gasteiger partial charge in [-0.2, -0.15) is 0 Å². The molecular weight excluding hydrogens is 288 g/mol. The number of nitrogens with zero attached hydrogens (tertiary/aromatic N) is 2. The zero-order valence-electron chi connectivity index (χ0n) is 9.58. The van der Waals surface area contributed by atoms with Gasteiger partial charge in [0, 0.05) is 6.04 Å². The zero-order valence-corrected chi connectivity index (χ0v) is 11.2. The molecule has 2 aromatic rings. The molecule has 0 aliphatic heterocycles. The van der Waals surface area contributed by atoms with E-state index >= 15 is 0 Å². The Labute approximate surface area is 105 Å². The smallest absolute Gasteiger partial charge is 0.330 e. The molecule has 1 unspecified atom stereocenters. The minimum absolute atomic E-state index is 0.00618. The van der Waals surface area contributed by atoms with Crippen molar-refractivity contribution < 1.29 is 0 Å². The van der Waals surface area contributed by atoms with E-state index in [1.165, 1.54) is 4.57 Å². The number of aromatic amines is 2. The van der Waals surface area contributed by atoms with Gasteiger partial charge >= 0.3 is 5.69 Å². The number of aromatic nitrogens is 4. The molecule has 2 heterocycles. The van der Waals surface area contributed by atoms with Crippen molar-refractivity contribution in [1.29, 1.82) is 0 Å². The lowest BCUT2D eigenvalue weighted by Gasteiger charge is -2.12. The Morgan fingerprint density at radius 2 is 2.12 bits per heavy atom. The van der Waals surface area contributed by atoms with Gasteiger partial charge in [0.15, 0.2) is 5.65 Å². The Morgan fingerprint density at radius 1 is 1.41 bits per heavy atom. The fraction of sp³-hybridized carbons (Fsp3) is 0.500. The van der Waals surface area contributed by atoms with Gasteiger partial charge in [0.2, 0.25) is 0 Å². The summed E-state index contributed by atoms with van der Waals surface area (Å²) < 4.78 is 1.51. The van der Waals surface area contributed by atoms with Crippen molar-refractivity contribution in [2.24, 2.45) is 0 Å². The quantitative estimate of drug-likeness (QED) is 0.838. The first-order chi connectivity index (χ1) is 8.08. The molecule has 2 aromatic heterocycles. The van der Waals surface area contributed by atoms with Crippen molar-refractivity contribution in [3.8, 4) is 0 Å². The van der Waals surface area contributed by atoms with Crippen LogP contribution < -0.4 is 11.2 Å². The summed E-state index contributed by atoms with van der Waals surface area (Å²) in [4.78, 5) is 32.9.